The summed E-state index contributed by atoms with van der Waals surface area (Å²) in [7, 11) is 0. The van der Waals surface area contributed by atoms with Crippen molar-refractivity contribution in [3.63, 3.8) is 0 Å². The molecule has 0 spiro atoms. The zero-order chi connectivity index (χ0) is 18.7. The number of terminal acetylenes is 1. The summed E-state index contributed by atoms with van der Waals surface area (Å²) < 4.78 is 5.99. The van der Waals surface area contributed by atoms with Gasteiger partial charge in [-0.1, -0.05) is 35.7 Å². The number of halogens is 2. The number of hydrogen-bond donors (Lipinski definition) is 0. The van der Waals surface area contributed by atoms with Gasteiger partial charge in [-0.25, -0.2) is 4.90 Å². The fourth-order valence-corrected chi connectivity index (χ4v) is 4.16. The molecule has 0 saturated carbocycles. The number of ether oxygens (including phenoxy) is 1. The van der Waals surface area contributed by atoms with E-state index in [4.69, 9.17) is 22.8 Å². The van der Waals surface area contributed by atoms with Crippen molar-refractivity contribution < 1.29 is 14.3 Å². The Kier molecular flexibility index (Phi) is 5.72. The lowest BCUT2D eigenvalue weighted by molar-refractivity contribution is -0.113. The molecule has 1 aliphatic rings. The van der Waals surface area contributed by atoms with Crippen LogP contribution in [0.2, 0.25) is 5.02 Å². The van der Waals surface area contributed by atoms with Crippen molar-refractivity contribution in [3.8, 4) is 18.1 Å². The van der Waals surface area contributed by atoms with Crippen LogP contribution in [0.4, 0.5) is 10.5 Å². The van der Waals surface area contributed by atoms with Crippen LogP contribution < -0.4 is 9.64 Å². The van der Waals surface area contributed by atoms with Gasteiger partial charge >= 0.3 is 0 Å². The van der Waals surface area contributed by atoms with Gasteiger partial charge < -0.3 is 4.74 Å². The van der Waals surface area contributed by atoms with Gasteiger partial charge in [0.05, 0.1) is 20.1 Å². The highest BCUT2D eigenvalue weighted by atomic mass is 79.9. The van der Waals surface area contributed by atoms with Crippen LogP contribution in [0, 0.1) is 12.3 Å². The summed E-state index contributed by atoms with van der Waals surface area (Å²) in [6.45, 7) is 0.0909. The zero-order valence-corrected chi connectivity index (χ0v) is 16.4. The van der Waals surface area contributed by atoms with Gasteiger partial charge in [-0.2, -0.15) is 0 Å². The monoisotopic (exact) mass is 447 g/mol. The molecule has 2 amide bonds. The number of imide groups is 1. The fraction of sp³-hybridized carbons (Fsp3) is 0.0526. The lowest BCUT2D eigenvalue weighted by Crippen LogP contribution is -2.27. The van der Waals surface area contributed by atoms with Crippen LogP contribution in [0.3, 0.4) is 0 Å². The smallest absolute Gasteiger partial charge is 0.298 e. The Hall–Kier alpha value is -2.20. The van der Waals surface area contributed by atoms with Crippen molar-refractivity contribution in [2.75, 3.05) is 11.5 Å². The highest BCUT2D eigenvalue weighted by Gasteiger charge is 2.36. The van der Waals surface area contributed by atoms with E-state index < -0.39 is 0 Å². The maximum Gasteiger partial charge on any atom is 0.298 e. The quantitative estimate of drug-likeness (QED) is 0.467. The number of hydrogen-bond acceptors (Lipinski definition) is 4. The van der Waals surface area contributed by atoms with Crippen LogP contribution in [-0.4, -0.2) is 17.8 Å². The van der Waals surface area contributed by atoms with Gasteiger partial charge in [-0.3, -0.25) is 9.59 Å². The van der Waals surface area contributed by atoms with E-state index in [9.17, 15) is 9.59 Å². The Morgan fingerprint density at radius 3 is 2.65 bits per heavy atom. The van der Waals surface area contributed by atoms with Crippen molar-refractivity contribution >= 4 is 62.2 Å². The number of nitrogens with zero attached hydrogens (tertiary/aromatic N) is 1. The Balaban J connectivity index is 1.90. The molecule has 3 rings (SSSR count). The molecule has 2 aromatic rings. The first-order valence-electron chi connectivity index (χ1n) is 7.39. The van der Waals surface area contributed by atoms with E-state index in [1.54, 1.807) is 42.5 Å². The van der Waals surface area contributed by atoms with E-state index in [-0.39, 0.29) is 17.8 Å². The summed E-state index contributed by atoms with van der Waals surface area (Å²) in [6.07, 6.45) is 6.81. The molecule has 0 atom stereocenters. The van der Waals surface area contributed by atoms with E-state index in [1.807, 2.05) is 6.07 Å². The van der Waals surface area contributed by atoms with Crippen LogP contribution >= 0.6 is 39.3 Å². The lowest BCUT2D eigenvalue weighted by Gasteiger charge is -2.11. The molecule has 1 saturated heterocycles. The number of carbonyl (C=O) groups is 2. The molecule has 1 fully saturated rings. The molecule has 26 heavy (non-hydrogen) atoms. The predicted octanol–water partition coefficient (Wildman–Crippen LogP) is 5.36. The summed E-state index contributed by atoms with van der Waals surface area (Å²) in [5.41, 5.74) is 1.20. The zero-order valence-electron chi connectivity index (χ0n) is 13.2. The second-order valence-corrected chi connectivity index (χ2v) is 7.41. The van der Waals surface area contributed by atoms with Gasteiger partial charge in [0.1, 0.15) is 6.61 Å². The Labute approximate surface area is 168 Å². The maximum absolute atomic E-state index is 12.6. The van der Waals surface area contributed by atoms with Crippen molar-refractivity contribution in [2.24, 2.45) is 0 Å². The standard InChI is InChI=1S/C19H11BrClNO3S/c1-2-8-25-17-14(20)9-12(10-15(17)21)11-16-18(23)22(19(24)26-16)13-6-4-3-5-7-13/h1,3-7,9-11H,8H2/b16-11-. The second kappa shape index (κ2) is 8.00. The van der Waals surface area contributed by atoms with Gasteiger partial charge in [-0.05, 0) is 63.6 Å². The molecule has 1 aliphatic heterocycles. The van der Waals surface area contributed by atoms with Crippen LogP contribution in [0.1, 0.15) is 5.56 Å². The van der Waals surface area contributed by atoms with E-state index in [0.29, 0.717) is 31.4 Å². The molecule has 130 valence electrons. The van der Waals surface area contributed by atoms with E-state index in [2.05, 4.69) is 21.9 Å². The van der Waals surface area contributed by atoms with E-state index >= 15 is 0 Å². The average molecular weight is 449 g/mol. The first-order valence-corrected chi connectivity index (χ1v) is 9.38. The van der Waals surface area contributed by atoms with Gasteiger partial charge in [0.2, 0.25) is 0 Å². The molecule has 1 heterocycles. The van der Waals surface area contributed by atoms with Crippen LogP contribution in [0.5, 0.6) is 5.75 Å². The van der Waals surface area contributed by atoms with Gasteiger partial charge in [0.25, 0.3) is 11.1 Å². The summed E-state index contributed by atoms with van der Waals surface area (Å²) in [5, 5.41) is 0.00903. The molecule has 4 nitrogen and oxygen atoms in total. The number of rotatable bonds is 4. The van der Waals surface area contributed by atoms with Crippen molar-refractivity contribution in [1.82, 2.24) is 0 Å². The van der Waals surface area contributed by atoms with Crippen LogP contribution in [-0.2, 0) is 4.79 Å². The third-order valence-corrected chi connectivity index (χ3v) is 5.17. The Bertz CT molecular complexity index is 930. The first-order chi connectivity index (χ1) is 12.5. The minimum absolute atomic E-state index is 0.0909. The number of benzene rings is 2. The summed E-state index contributed by atoms with van der Waals surface area (Å²) in [4.78, 5) is 26.3. The molecule has 0 aromatic heterocycles. The number of thioether (sulfide) groups is 1. The SMILES string of the molecule is C#CCOc1c(Cl)cc(/C=C2\SC(=O)N(c3ccccc3)C2=O)cc1Br. The number of carbonyl (C=O) groups excluding carboxylic acids is 2. The number of para-hydroxylation sites is 1. The summed E-state index contributed by atoms with van der Waals surface area (Å²) in [5.74, 6) is 2.43. The molecule has 0 aliphatic carbocycles. The molecule has 7 heteroatoms. The van der Waals surface area contributed by atoms with E-state index in [1.165, 1.54) is 0 Å². The molecule has 0 N–H and O–H groups in total. The van der Waals surface area contributed by atoms with Crippen molar-refractivity contribution in [2.45, 2.75) is 0 Å². The highest BCUT2D eigenvalue weighted by Crippen LogP contribution is 2.38. The highest BCUT2D eigenvalue weighted by molar-refractivity contribution is 9.10. The lowest BCUT2D eigenvalue weighted by atomic mass is 10.2. The Morgan fingerprint density at radius 2 is 2.00 bits per heavy atom. The molecule has 0 unspecified atom stereocenters. The van der Waals surface area contributed by atoms with Gasteiger partial charge in [0, 0.05) is 0 Å². The normalized spacial score (nSPS) is 15.4. The third kappa shape index (κ3) is 3.80. The Morgan fingerprint density at radius 1 is 1.27 bits per heavy atom. The van der Waals surface area contributed by atoms with E-state index in [0.717, 1.165) is 16.7 Å². The largest absolute Gasteiger partial charge is 0.478 e. The minimum Gasteiger partial charge on any atom is -0.478 e. The van der Waals surface area contributed by atoms with Gasteiger partial charge in [0.15, 0.2) is 5.75 Å². The fourth-order valence-electron chi connectivity index (χ4n) is 2.33. The molecule has 0 radical (unpaired) electrons. The topological polar surface area (TPSA) is 46.6 Å². The minimum atomic E-state index is -0.369. The molecule has 0 bridgehead atoms. The van der Waals surface area contributed by atoms with Gasteiger partial charge in [-0.15, -0.1) is 6.42 Å². The first kappa shape index (κ1) is 18.6. The predicted molar refractivity (Wildman–Crippen MR) is 108 cm³/mol. The number of anilines is 1. The summed E-state index contributed by atoms with van der Waals surface area (Å²) >= 11 is 10.5. The third-order valence-electron chi connectivity index (χ3n) is 3.43. The molecular formula is C19H11BrClNO3S. The average Bonchev–Trinajstić information content (AvgIpc) is 2.88. The van der Waals surface area contributed by atoms with Crippen LogP contribution in [0.25, 0.3) is 6.08 Å². The second-order valence-electron chi connectivity index (χ2n) is 5.16. The van der Waals surface area contributed by atoms with Crippen molar-refractivity contribution in [1.29, 1.82) is 0 Å². The number of amides is 2. The summed E-state index contributed by atoms with van der Waals surface area (Å²) in [6, 6.07) is 12.2. The van der Waals surface area contributed by atoms with Crippen molar-refractivity contribution in [3.05, 3.63) is 62.4 Å². The molecular weight excluding hydrogens is 438 g/mol. The van der Waals surface area contributed by atoms with Crippen LogP contribution in [0.15, 0.2) is 51.8 Å². The maximum atomic E-state index is 12.6. The molecule has 2 aromatic carbocycles.